The van der Waals surface area contributed by atoms with Gasteiger partial charge < -0.3 is 9.47 Å². The van der Waals surface area contributed by atoms with Crippen LogP contribution in [0.1, 0.15) is 66.7 Å². The van der Waals surface area contributed by atoms with Crippen LogP contribution < -0.4 is 0 Å². The van der Waals surface area contributed by atoms with Crippen LogP contribution in [0.3, 0.4) is 0 Å². The monoisotopic (exact) mass is 297 g/mol. The lowest BCUT2D eigenvalue weighted by molar-refractivity contribution is -0.112. The summed E-state index contributed by atoms with van der Waals surface area (Å²) < 4.78 is 11.9. The predicted octanol–water partition coefficient (Wildman–Crippen LogP) is 3.86. The van der Waals surface area contributed by atoms with Crippen molar-refractivity contribution in [2.24, 2.45) is 5.92 Å². The molecule has 0 spiro atoms. The van der Waals surface area contributed by atoms with Gasteiger partial charge in [0, 0.05) is 31.8 Å². The molecule has 0 radical (unpaired) electrons. The minimum absolute atomic E-state index is 0.0105. The highest BCUT2D eigenvalue weighted by atomic mass is 16.5. The molecule has 2 aliphatic rings. The first-order valence-electron chi connectivity index (χ1n) is 8.77. The molecule has 0 unspecified atom stereocenters. The molecule has 3 nitrogen and oxygen atoms in total. The fraction of sp³-hybridized carbons (Fsp3) is 1.00. The van der Waals surface area contributed by atoms with Gasteiger partial charge in [-0.05, 0) is 72.6 Å². The average Bonchev–Trinajstić information content (AvgIpc) is 2.38. The van der Waals surface area contributed by atoms with Crippen molar-refractivity contribution in [3.63, 3.8) is 0 Å². The average molecular weight is 297 g/mol. The summed E-state index contributed by atoms with van der Waals surface area (Å²) in [6.45, 7) is 15.7. The molecular weight excluding hydrogens is 262 g/mol. The third-order valence-electron chi connectivity index (χ3n) is 5.00. The van der Waals surface area contributed by atoms with Gasteiger partial charge in [0.15, 0.2) is 0 Å². The molecule has 2 heterocycles. The maximum absolute atomic E-state index is 6.48. The van der Waals surface area contributed by atoms with Gasteiger partial charge in [-0.2, -0.15) is 0 Å². The first kappa shape index (κ1) is 17.2. The molecule has 3 heteroatoms. The van der Waals surface area contributed by atoms with Crippen LogP contribution in [0.5, 0.6) is 0 Å². The van der Waals surface area contributed by atoms with E-state index >= 15 is 0 Å². The lowest BCUT2D eigenvalue weighted by Gasteiger charge is -2.43. The van der Waals surface area contributed by atoms with Gasteiger partial charge in [0.1, 0.15) is 0 Å². The van der Waals surface area contributed by atoms with E-state index in [1.54, 1.807) is 0 Å². The Labute approximate surface area is 131 Å². The van der Waals surface area contributed by atoms with Crippen molar-refractivity contribution < 1.29 is 9.47 Å². The summed E-state index contributed by atoms with van der Waals surface area (Å²) in [4.78, 5) is 2.58. The summed E-state index contributed by atoms with van der Waals surface area (Å²) >= 11 is 0. The summed E-state index contributed by atoms with van der Waals surface area (Å²) in [6.07, 6.45) is 6.38. The summed E-state index contributed by atoms with van der Waals surface area (Å²) in [5.41, 5.74) is 0.305. The zero-order chi connectivity index (χ0) is 15.5. The molecule has 0 aromatic carbocycles. The van der Waals surface area contributed by atoms with Crippen LogP contribution in [-0.2, 0) is 9.47 Å². The van der Waals surface area contributed by atoms with Gasteiger partial charge in [-0.25, -0.2) is 0 Å². The van der Waals surface area contributed by atoms with Crippen molar-refractivity contribution in [1.82, 2.24) is 4.90 Å². The predicted molar refractivity (Wildman–Crippen MR) is 87.7 cm³/mol. The van der Waals surface area contributed by atoms with Crippen LogP contribution in [0.15, 0.2) is 0 Å². The molecule has 0 saturated carbocycles. The third-order valence-corrected chi connectivity index (χ3v) is 5.00. The maximum Gasteiger partial charge on any atom is 0.0633 e. The number of hydrogen-bond donors (Lipinski definition) is 0. The lowest BCUT2D eigenvalue weighted by Crippen LogP contribution is -2.48. The fourth-order valence-corrected chi connectivity index (χ4v) is 3.79. The number of piperidine rings is 1. The van der Waals surface area contributed by atoms with Gasteiger partial charge in [0.05, 0.1) is 11.7 Å². The first-order valence-corrected chi connectivity index (χ1v) is 8.77. The molecule has 0 aromatic heterocycles. The fourth-order valence-electron chi connectivity index (χ4n) is 3.79. The minimum atomic E-state index is 0.0105. The van der Waals surface area contributed by atoms with Crippen molar-refractivity contribution in [2.45, 2.75) is 84.0 Å². The van der Waals surface area contributed by atoms with Crippen LogP contribution >= 0.6 is 0 Å². The lowest BCUT2D eigenvalue weighted by atomic mass is 9.87. The molecule has 0 atom stereocenters. The second-order valence-electron chi connectivity index (χ2n) is 8.49. The van der Waals surface area contributed by atoms with Gasteiger partial charge in [-0.15, -0.1) is 0 Å². The second kappa shape index (κ2) is 6.97. The van der Waals surface area contributed by atoms with Crippen molar-refractivity contribution in [3.8, 4) is 0 Å². The van der Waals surface area contributed by atoms with Gasteiger partial charge in [-0.1, -0.05) is 0 Å². The molecule has 2 aliphatic heterocycles. The molecular formula is C18H35NO2. The van der Waals surface area contributed by atoms with Crippen LogP contribution in [-0.4, -0.2) is 48.4 Å². The molecule has 2 fully saturated rings. The van der Waals surface area contributed by atoms with E-state index in [2.05, 4.69) is 39.5 Å². The van der Waals surface area contributed by atoms with E-state index in [1.165, 1.54) is 45.2 Å². The van der Waals surface area contributed by atoms with Gasteiger partial charge in [0.2, 0.25) is 0 Å². The molecule has 0 aromatic rings. The molecule has 2 saturated heterocycles. The third kappa shape index (κ3) is 5.54. The van der Waals surface area contributed by atoms with Crippen LogP contribution in [0.2, 0.25) is 0 Å². The number of hydrogen-bond acceptors (Lipinski definition) is 3. The summed E-state index contributed by atoms with van der Waals surface area (Å²) in [5, 5.41) is 0. The van der Waals surface area contributed by atoms with E-state index in [0.717, 1.165) is 19.1 Å². The number of ether oxygens (including phenoxy) is 2. The highest BCUT2D eigenvalue weighted by Gasteiger charge is 2.32. The van der Waals surface area contributed by atoms with Crippen molar-refractivity contribution in [2.75, 3.05) is 26.3 Å². The molecule has 0 amide bonds. The van der Waals surface area contributed by atoms with Crippen LogP contribution in [0.25, 0.3) is 0 Å². The van der Waals surface area contributed by atoms with Crippen molar-refractivity contribution >= 4 is 0 Å². The van der Waals surface area contributed by atoms with E-state index in [1.807, 2.05) is 0 Å². The Morgan fingerprint density at radius 3 is 2.05 bits per heavy atom. The highest BCUT2D eigenvalue weighted by Crippen LogP contribution is 2.31. The topological polar surface area (TPSA) is 21.7 Å². The van der Waals surface area contributed by atoms with E-state index < -0.39 is 0 Å². The standard InChI is InChI=1S/C18H35NO2/c1-17(2,3)19-10-6-16(7-11-19)21-18(4,5)14-15-8-12-20-13-9-15/h15-16H,6-14H2,1-5H3. The quantitative estimate of drug-likeness (QED) is 0.786. The smallest absolute Gasteiger partial charge is 0.0633 e. The highest BCUT2D eigenvalue weighted by molar-refractivity contribution is 4.84. The SMILES string of the molecule is CC(C)(CC1CCOCC1)OC1CCN(C(C)(C)C)CC1. The number of rotatable bonds is 4. The Morgan fingerprint density at radius 2 is 1.52 bits per heavy atom. The summed E-state index contributed by atoms with van der Waals surface area (Å²) in [5.74, 6) is 0.781. The zero-order valence-corrected chi connectivity index (χ0v) is 14.8. The summed E-state index contributed by atoms with van der Waals surface area (Å²) in [6, 6.07) is 0. The van der Waals surface area contributed by atoms with E-state index in [-0.39, 0.29) is 5.60 Å². The number of likely N-dealkylation sites (tertiary alicyclic amines) is 1. The maximum atomic E-state index is 6.48. The Bertz CT molecular complexity index is 308. The summed E-state index contributed by atoms with van der Waals surface area (Å²) in [7, 11) is 0. The molecule has 21 heavy (non-hydrogen) atoms. The van der Waals surface area contributed by atoms with Crippen LogP contribution in [0.4, 0.5) is 0 Å². The van der Waals surface area contributed by atoms with Crippen molar-refractivity contribution in [3.05, 3.63) is 0 Å². The van der Waals surface area contributed by atoms with Gasteiger partial charge >= 0.3 is 0 Å². The number of nitrogens with zero attached hydrogens (tertiary/aromatic N) is 1. The molecule has 0 bridgehead atoms. The molecule has 0 N–H and O–H groups in total. The van der Waals surface area contributed by atoms with E-state index in [0.29, 0.717) is 11.6 Å². The Balaban J connectivity index is 1.76. The normalized spacial score (nSPS) is 24.4. The second-order valence-corrected chi connectivity index (χ2v) is 8.49. The minimum Gasteiger partial charge on any atom is -0.381 e. The van der Waals surface area contributed by atoms with Gasteiger partial charge in [-0.3, -0.25) is 4.90 Å². The Hall–Kier alpha value is -0.120. The Morgan fingerprint density at radius 1 is 0.952 bits per heavy atom. The largest absolute Gasteiger partial charge is 0.381 e. The molecule has 124 valence electrons. The molecule has 2 rings (SSSR count). The van der Waals surface area contributed by atoms with Crippen LogP contribution in [0, 0.1) is 5.92 Å². The zero-order valence-electron chi connectivity index (χ0n) is 14.8. The van der Waals surface area contributed by atoms with Gasteiger partial charge in [0.25, 0.3) is 0 Å². The molecule has 0 aliphatic carbocycles. The first-order chi connectivity index (χ1) is 9.76. The Kier molecular flexibility index (Phi) is 5.72. The van der Waals surface area contributed by atoms with E-state index in [9.17, 15) is 0 Å². The van der Waals surface area contributed by atoms with E-state index in [4.69, 9.17) is 9.47 Å². The van der Waals surface area contributed by atoms with Crippen molar-refractivity contribution in [1.29, 1.82) is 0 Å².